The summed E-state index contributed by atoms with van der Waals surface area (Å²) in [6.45, 7) is -1.42. The maximum Gasteiger partial charge on any atom is 0.422 e. The number of amides is 1. The van der Waals surface area contributed by atoms with Crippen LogP contribution in [0.5, 0.6) is 0 Å². The maximum absolute atomic E-state index is 11.8. The number of hydrogen-bond donors (Lipinski definition) is 0. The average Bonchev–Trinajstić information content (AvgIpc) is 2.59. The molecular weight excluding hydrogens is 279 g/mol. The Morgan fingerprint density at radius 3 is 2.65 bits per heavy atom. The molecule has 0 atom stereocenters. The highest BCUT2D eigenvalue weighted by molar-refractivity contribution is 7.16. The lowest BCUT2D eigenvalue weighted by Crippen LogP contribution is -2.30. The van der Waals surface area contributed by atoms with Gasteiger partial charge in [0.05, 0.1) is 10.9 Å². The lowest BCUT2D eigenvalue weighted by atomic mass is 10.4. The molecule has 0 aromatic carbocycles. The van der Waals surface area contributed by atoms with Gasteiger partial charge in [0.1, 0.15) is 0 Å². The summed E-state index contributed by atoms with van der Waals surface area (Å²) in [6.07, 6.45) is -5.53. The van der Waals surface area contributed by atoms with Gasteiger partial charge in [-0.1, -0.05) is 11.6 Å². The Kier molecular flexibility index (Phi) is 4.64. The molecule has 0 saturated carbocycles. The summed E-state index contributed by atoms with van der Waals surface area (Å²) in [5.41, 5.74) is 0. The van der Waals surface area contributed by atoms with Gasteiger partial charge in [-0.2, -0.15) is 13.2 Å². The van der Waals surface area contributed by atoms with Crippen molar-refractivity contribution >= 4 is 29.0 Å². The molecule has 0 aliphatic rings. The largest absolute Gasteiger partial charge is 0.440 e. The van der Waals surface area contributed by atoms with E-state index in [1.54, 1.807) is 12.1 Å². The zero-order valence-corrected chi connectivity index (χ0v) is 10.3. The first-order valence-corrected chi connectivity index (χ1v) is 5.66. The summed E-state index contributed by atoms with van der Waals surface area (Å²) in [6, 6.07) is 3.34. The van der Waals surface area contributed by atoms with Gasteiger partial charge in [0.2, 0.25) is 0 Å². The van der Waals surface area contributed by atoms with Gasteiger partial charge in [-0.25, -0.2) is 4.79 Å². The van der Waals surface area contributed by atoms with Crippen molar-refractivity contribution in [2.75, 3.05) is 13.7 Å². The molecular formula is C9H9ClF3NO2S. The summed E-state index contributed by atoms with van der Waals surface area (Å²) in [7, 11) is 1.35. The van der Waals surface area contributed by atoms with Crippen molar-refractivity contribution in [3.63, 3.8) is 0 Å². The molecule has 17 heavy (non-hydrogen) atoms. The molecule has 1 aromatic heterocycles. The Balaban J connectivity index is 2.42. The molecule has 0 fully saturated rings. The van der Waals surface area contributed by atoms with Crippen LogP contribution in [-0.4, -0.2) is 30.8 Å². The Labute approximate surface area is 105 Å². The number of ether oxygens (including phenoxy) is 1. The highest BCUT2D eigenvalue weighted by Gasteiger charge is 2.30. The van der Waals surface area contributed by atoms with Gasteiger partial charge in [-0.15, -0.1) is 11.3 Å². The normalized spacial score (nSPS) is 11.4. The minimum absolute atomic E-state index is 0.161. The molecule has 0 aliphatic carbocycles. The predicted octanol–water partition coefficient (Wildman–Crippen LogP) is 3.53. The van der Waals surface area contributed by atoms with Gasteiger partial charge < -0.3 is 9.64 Å². The first-order chi connectivity index (χ1) is 7.78. The molecule has 1 amide bonds. The first-order valence-electron chi connectivity index (χ1n) is 4.47. The van der Waals surface area contributed by atoms with Crippen LogP contribution < -0.4 is 0 Å². The van der Waals surface area contributed by atoms with E-state index in [9.17, 15) is 18.0 Å². The van der Waals surface area contributed by atoms with Crippen LogP contribution in [0.2, 0.25) is 4.34 Å². The number of nitrogens with zero attached hydrogens (tertiary/aromatic N) is 1. The third-order valence-corrected chi connectivity index (χ3v) is 2.91. The predicted molar refractivity (Wildman–Crippen MR) is 58.2 cm³/mol. The molecule has 1 heterocycles. The molecule has 0 N–H and O–H groups in total. The second kappa shape index (κ2) is 5.59. The number of hydrogen-bond acceptors (Lipinski definition) is 3. The van der Waals surface area contributed by atoms with Crippen LogP contribution in [0.3, 0.4) is 0 Å². The standard InChI is InChI=1S/C9H9ClF3NO2S/c1-14(4-6-2-3-7(10)17-6)8(15)16-5-9(11,12)13/h2-3H,4-5H2,1H3. The van der Waals surface area contributed by atoms with Crippen molar-refractivity contribution in [1.82, 2.24) is 4.90 Å². The highest BCUT2D eigenvalue weighted by atomic mass is 35.5. The van der Waals surface area contributed by atoms with Crippen LogP contribution in [0.15, 0.2) is 12.1 Å². The van der Waals surface area contributed by atoms with E-state index in [1.807, 2.05) is 0 Å². The van der Waals surface area contributed by atoms with Gasteiger partial charge in [0.25, 0.3) is 0 Å². The van der Waals surface area contributed by atoms with Gasteiger partial charge in [0.15, 0.2) is 6.61 Å². The summed E-state index contributed by atoms with van der Waals surface area (Å²) < 4.78 is 40.0. The SMILES string of the molecule is CN(Cc1ccc(Cl)s1)C(=O)OCC(F)(F)F. The van der Waals surface area contributed by atoms with E-state index in [2.05, 4.69) is 4.74 Å². The highest BCUT2D eigenvalue weighted by Crippen LogP contribution is 2.22. The minimum atomic E-state index is -4.51. The number of alkyl halides is 3. The van der Waals surface area contributed by atoms with Crippen LogP contribution in [0, 0.1) is 0 Å². The van der Waals surface area contributed by atoms with Crippen molar-refractivity contribution < 1.29 is 22.7 Å². The van der Waals surface area contributed by atoms with Gasteiger partial charge in [-0.05, 0) is 12.1 Å². The molecule has 1 rings (SSSR count). The maximum atomic E-state index is 11.8. The third kappa shape index (κ3) is 5.27. The van der Waals surface area contributed by atoms with Gasteiger partial charge in [0, 0.05) is 11.9 Å². The summed E-state index contributed by atoms with van der Waals surface area (Å²) in [5.74, 6) is 0. The Morgan fingerprint density at radius 2 is 2.18 bits per heavy atom. The van der Waals surface area contributed by atoms with E-state index in [4.69, 9.17) is 11.6 Å². The van der Waals surface area contributed by atoms with E-state index in [-0.39, 0.29) is 6.54 Å². The zero-order chi connectivity index (χ0) is 13.1. The number of rotatable bonds is 3. The minimum Gasteiger partial charge on any atom is -0.440 e. The van der Waals surface area contributed by atoms with Crippen molar-refractivity contribution in [1.29, 1.82) is 0 Å². The van der Waals surface area contributed by atoms with E-state index in [1.165, 1.54) is 18.4 Å². The molecule has 0 saturated heterocycles. The lowest BCUT2D eigenvalue weighted by Gasteiger charge is -2.16. The quantitative estimate of drug-likeness (QED) is 0.851. The number of carbonyl (C=O) groups is 1. The van der Waals surface area contributed by atoms with Crippen LogP contribution >= 0.6 is 22.9 Å². The van der Waals surface area contributed by atoms with Gasteiger partial charge in [-0.3, -0.25) is 0 Å². The fourth-order valence-electron chi connectivity index (χ4n) is 0.989. The second-order valence-electron chi connectivity index (χ2n) is 3.23. The summed E-state index contributed by atoms with van der Waals surface area (Å²) >= 11 is 6.93. The van der Waals surface area contributed by atoms with Crippen LogP contribution in [0.25, 0.3) is 0 Å². The monoisotopic (exact) mass is 287 g/mol. The van der Waals surface area contributed by atoms with Crippen molar-refractivity contribution in [3.8, 4) is 0 Å². The summed E-state index contributed by atoms with van der Waals surface area (Å²) in [4.78, 5) is 13.0. The fourth-order valence-corrected chi connectivity index (χ4v) is 2.13. The first kappa shape index (κ1) is 14.1. The van der Waals surface area contributed by atoms with E-state index >= 15 is 0 Å². The van der Waals surface area contributed by atoms with E-state index in [0.29, 0.717) is 4.34 Å². The number of halogens is 4. The zero-order valence-electron chi connectivity index (χ0n) is 8.75. The molecule has 96 valence electrons. The van der Waals surface area contributed by atoms with E-state index in [0.717, 1.165) is 9.78 Å². The van der Waals surface area contributed by atoms with Crippen LogP contribution in [0.4, 0.5) is 18.0 Å². The Morgan fingerprint density at radius 1 is 1.53 bits per heavy atom. The fraction of sp³-hybridized carbons (Fsp3) is 0.444. The van der Waals surface area contributed by atoms with Gasteiger partial charge >= 0.3 is 12.3 Å². The molecule has 1 aromatic rings. The molecule has 3 nitrogen and oxygen atoms in total. The number of carbonyl (C=O) groups excluding carboxylic acids is 1. The molecule has 0 spiro atoms. The van der Waals surface area contributed by atoms with Crippen LogP contribution in [-0.2, 0) is 11.3 Å². The Bertz CT molecular complexity index is 394. The average molecular weight is 288 g/mol. The van der Waals surface area contributed by atoms with Crippen molar-refractivity contribution in [2.45, 2.75) is 12.7 Å². The topological polar surface area (TPSA) is 29.5 Å². The number of thiophene rings is 1. The summed E-state index contributed by atoms with van der Waals surface area (Å²) in [5, 5.41) is 0. The molecule has 8 heteroatoms. The molecule has 0 unspecified atom stereocenters. The smallest absolute Gasteiger partial charge is 0.422 e. The van der Waals surface area contributed by atoms with Crippen LogP contribution in [0.1, 0.15) is 4.88 Å². The molecule has 0 bridgehead atoms. The lowest BCUT2D eigenvalue weighted by molar-refractivity contribution is -0.162. The van der Waals surface area contributed by atoms with Crippen molar-refractivity contribution in [3.05, 3.63) is 21.3 Å². The van der Waals surface area contributed by atoms with E-state index < -0.39 is 18.9 Å². The van der Waals surface area contributed by atoms with Crippen molar-refractivity contribution in [2.24, 2.45) is 0 Å². The molecule has 0 radical (unpaired) electrons. The second-order valence-corrected chi connectivity index (χ2v) is 5.03. The molecule has 0 aliphatic heterocycles. The third-order valence-electron chi connectivity index (χ3n) is 1.69. The Hall–Kier alpha value is -0.950.